The van der Waals surface area contributed by atoms with Gasteiger partial charge in [-0.2, -0.15) is 5.10 Å². The van der Waals surface area contributed by atoms with Crippen molar-refractivity contribution in [1.29, 1.82) is 0 Å². The summed E-state index contributed by atoms with van der Waals surface area (Å²) >= 11 is 0. The molecule has 0 unspecified atom stereocenters. The first-order chi connectivity index (χ1) is 9.65. The second-order valence-corrected chi connectivity index (χ2v) is 5.90. The Kier molecular flexibility index (Phi) is 3.38. The Balaban J connectivity index is 1.94. The first-order valence-electron chi connectivity index (χ1n) is 7.19. The summed E-state index contributed by atoms with van der Waals surface area (Å²) in [6.07, 6.45) is 4.95. The van der Waals surface area contributed by atoms with Crippen LogP contribution in [0.3, 0.4) is 0 Å². The summed E-state index contributed by atoms with van der Waals surface area (Å²) in [7, 11) is 0. The van der Waals surface area contributed by atoms with Crippen LogP contribution in [-0.4, -0.2) is 14.8 Å². The first-order valence-corrected chi connectivity index (χ1v) is 7.19. The van der Waals surface area contributed by atoms with Crippen LogP contribution in [0, 0.1) is 5.92 Å². The average molecular weight is 269 g/mol. The molecule has 2 heterocycles. The lowest BCUT2D eigenvalue weighted by Gasteiger charge is -2.08. The van der Waals surface area contributed by atoms with Gasteiger partial charge in [0.15, 0.2) is 5.82 Å². The van der Waals surface area contributed by atoms with Crippen molar-refractivity contribution in [3.8, 4) is 5.82 Å². The highest BCUT2D eigenvalue weighted by Gasteiger charge is 2.25. The van der Waals surface area contributed by atoms with Crippen molar-refractivity contribution in [3.63, 3.8) is 0 Å². The van der Waals surface area contributed by atoms with Crippen LogP contribution >= 0.6 is 0 Å². The van der Waals surface area contributed by atoms with Crippen molar-refractivity contribution in [2.75, 3.05) is 0 Å². The van der Waals surface area contributed by atoms with Gasteiger partial charge in [0.25, 0.3) is 5.56 Å². The van der Waals surface area contributed by atoms with E-state index >= 15 is 0 Å². The van der Waals surface area contributed by atoms with E-state index in [1.165, 1.54) is 12.8 Å². The van der Waals surface area contributed by atoms with Gasteiger partial charge in [0.2, 0.25) is 0 Å². The fraction of sp³-hybridized carbons (Fsp3) is 0.438. The molecule has 4 nitrogen and oxygen atoms in total. The monoisotopic (exact) mass is 269 g/mol. The minimum absolute atomic E-state index is 0.00896. The van der Waals surface area contributed by atoms with Crippen LogP contribution < -0.4 is 5.56 Å². The number of rotatable bonds is 4. The van der Waals surface area contributed by atoms with Crippen LogP contribution in [0.15, 0.2) is 35.3 Å². The van der Waals surface area contributed by atoms with Gasteiger partial charge in [-0.15, -0.1) is 5.10 Å². The topological polar surface area (TPSA) is 47.8 Å². The Hall–Kier alpha value is -1.97. The number of nitrogens with zero attached hydrogens (tertiary/aromatic N) is 3. The van der Waals surface area contributed by atoms with E-state index < -0.39 is 0 Å². The first kappa shape index (κ1) is 13.0. The fourth-order valence-electron chi connectivity index (χ4n) is 2.38. The van der Waals surface area contributed by atoms with E-state index in [9.17, 15) is 4.79 Å². The molecule has 0 N–H and O–H groups in total. The maximum atomic E-state index is 12.4. The summed E-state index contributed by atoms with van der Waals surface area (Å²) in [5, 5.41) is 8.44. The van der Waals surface area contributed by atoms with Gasteiger partial charge in [-0.3, -0.25) is 9.36 Å². The Morgan fingerprint density at radius 2 is 2.05 bits per heavy atom. The molecule has 0 bridgehead atoms. The fourth-order valence-corrected chi connectivity index (χ4v) is 2.38. The molecule has 0 aliphatic heterocycles. The molecule has 20 heavy (non-hydrogen) atoms. The lowest BCUT2D eigenvalue weighted by atomic mass is 10.0. The molecule has 2 aromatic rings. The second kappa shape index (κ2) is 5.19. The van der Waals surface area contributed by atoms with E-state index in [1.807, 2.05) is 24.3 Å². The van der Waals surface area contributed by atoms with Crippen LogP contribution in [0.2, 0.25) is 0 Å². The van der Waals surface area contributed by atoms with Gasteiger partial charge >= 0.3 is 0 Å². The molecule has 0 spiro atoms. The normalized spacial score (nSPS) is 14.8. The molecule has 0 saturated heterocycles. The summed E-state index contributed by atoms with van der Waals surface area (Å²) < 4.78 is 1.58. The van der Waals surface area contributed by atoms with Gasteiger partial charge in [0.1, 0.15) is 0 Å². The predicted molar refractivity (Wildman–Crippen MR) is 78.1 cm³/mol. The van der Waals surface area contributed by atoms with Crippen molar-refractivity contribution in [2.24, 2.45) is 5.92 Å². The van der Waals surface area contributed by atoms with Crippen LogP contribution in [0.4, 0.5) is 0 Å². The van der Waals surface area contributed by atoms with E-state index in [1.54, 1.807) is 10.8 Å². The summed E-state index contributed by atoms with van der Waals surface area (Å²) in [6.45, 7) is 4.22. The third-order valence-corrected chi connectivity index (χ3v) is 3.57. The molecule has 4 heteroatoms. The lowest BCUT2D eigenvalue weighted by Crippen LogP contribution is -2.23. The molecule has 1 fully saturated rings. The molecule has 0 radical (unpaired) electrons. The van der Waals surface area contributed by atoms with E-state index in [4.69, 9.17) is 0 Å². The van der Waals surface area contributed by atoms with Crippen LogP contribution in [-0.2, 0) is 6.42 Å². The van der Waals surface area contributed by atoms with Crippen LogP contribution in [0.5, 0.6) is 0 Å². The molecular formula is C16H19N3O. The van der Waals surface area contributed by atoms with Crippen molar-refractivity contribution in [3.05, 3.63) is 52.1 Å². The molecule has 104 valence electrons. The van der Waals surface area contributed by atoms with Gasteiger partial charge in [-0.05, 0) is 43.4 Å². The summed E-state index contributed by atoms with van der Waals surface area (Å²) in [5.41, 5.74) is 1.88. The average Bonchev–Trinajstić information content (AvgIpc) is 3.25. The van der Waals surface area contributed by atoms with Crippen molar-refractivity contribution < 1.29 is 0 Å². The quantitative estimate of drug-likeness (QED) is 0.857. The third kappa shape index (κ3) is 2.64. The highest BCUT2D eigenvalue weighted by molar-refractivity contribution is 5.27. The second-order valence-electron chi connectivity index (χ2n) is 5.90. The Morgan fingerprint density at radius 1 is 1.25 bits per heavy atom. The van der Waals surface area contributed by atoms with Crippen molar-refractivity contribution in [1.82, 2.24) is 14.8 Å². The van der Waals surface area contributed by atoms with Gasteiger partial charge in [0.05, 0.1) is 5.69 Å². The number of hydrogen-bond acceptors (Lipinski definition) is 3. The van der Waals surface area contributed by atoms with E-state index in [0.717, 1.165) is 17.7 Å². The predicted octanol–water partition coefficient (Wildman–Crippen LogP) is 2.70. The number of aromatic nitrogens is 3. The largest absolute Gasteiger partial charge is 0.269 e. The smallest absolute Gasteiger partial charge is 0.259 e. The Morgan fingerprint density at radius 3 is 2.65 bits per heavy atom. The molecule has 2 aromatic heterocycles. The van der Waals surface area contributed by atoms with Gasteiger partial charge < -0.3 is 0 Å². The van der Waals surface area contributed by atoms with Crippen LogP contribution in [0.1, 0.15) is 43.9 Å². The van der Waals surface area contributed by atoms with E-state index in [0.29, 0.717) is 17.7 Å². The summed E-state index contributed by atoms with van der Waals surface area (Å²) in [5.74, 6) is 1.65. The SMILES string of the molecule is CC(C)Cc1cccn(-c2ccc(C3CC3)nn2)c1=O. The maximum Gasteiger partial charge on any atom is 0.259 e. The molecule has 1 saturated carbocycles. The zero-order chi connectivity index (χ0) is 14.1. The van der Waals surface area contributed by atoms with E-state index in [-0.39, 0.29) is 5.56 Å². The molecule has 1 aliphatic rings. The molecule has 1 aliphatic carbocycles. The van der Waals surface area contributed by atoms with Gasteiger partial charge in [-0.25, -0.2) is 0 Å². The molecular weight excluding hydrogens is 250 g/mol. The van der Waals surface area contributed by atoms with Crippen molar-refractivity contribution >= 4 is 0 Å². The standard InChI is InChI=1S/C16H19N3O/c1-11(2)10-13-4-3-9-19(16(13)20)15-8-7-14(17-18-15)12-5-6-12/h3-4,7-9,11-12H,5-6,10H2,1-2H3. The third-order valence-electron chi connectivity index (χ3n) is 3.57. The minimum Gasteiger partial charge on any atom is -0.269 e. The zero-order valence-electron chi connectivity index (χ0n) is 11.9. The Bertz CT molecular complexity index is 654. The highest BCUT2D eigenvalue weighted by Crippen LogP contribution is 2.38. The van der Waals surface area contributed by atoms with Crippen LogP contribution in [0.25, 0.3) is 5.82 Å². The molecule has 0 amide bonds. The summed E-state index contributed by atoms with van der Waals surface area (Å²) in [4.78, 5) is 12.4. The number of hydrogen-bond donors (Lipinski definition) is 0. The summed E-state index contributed by atoms with van der Waals surface area (Å²) in [6, 6.07) is 7.67. The molecule has 0 atom stereocenters. The Labute approximate surface area is 118 Å². The maximum absolute atomic E-state index is 12.4. The van der Waals surface area contributed by atoms with Crippen molar-refractivity contribution in [2.45, 2.75) is 39.0 Å². The van der Waals surface area contributed by atoms with E-state index in [2.05, 4.69) is 24.0 Å². The molecule has 3 rings (SSSR count). The minimum atomic E-state index is 0.00896. The zero-order valence-corrected chi connectivity index (χ0v) is 11.9. The molecule has 0 aromatic carbocycles. The highest BCUT2D eigenvalue weighted by atomic mass is 16.1. The lowest BCUT2D eigenvalue weighted by molar-refractivity contribution is 0.638. The van der Waals surface area contributed by atoms with Gasteiger partial charge in [-0.1, -0.05) is 19.9 Å². The van der Waals surface area contributed by atoms with Gasteiger partial charge in [0, 0.05) is 17.7 Å². The number of pyridine rings is 1.